The van der Waals surface area contributed by atoms with Gasteiger partial charge in [-0.05, 0) is 80.1 Å². The van der Waals surface area contributed by atoms with Crippen LogP contribution >= 0.6 is 0 Å². The van der Waals surface area contributed by atoms with E-state index in [4.69, 9.17) is 4.74 Å². The minimum Gasteiger partial charge on any atom is -0.496 e. The summed E-state index contributed by atoms with van der Waals surface area (Å²) in [6, 6.07) is 17.7. The average molecular weight is 418 g/mol. The zero-order valence-corrected chi connectivity index (χ0v) is 18.9. The van der Waals surface area contributed by atoms with Crippen LogP contribution in [-0.4, -0.2) is 50.2 Å². The van der Waals surface area contributed by atoms with Crippen molar-refractivity contribution in [3.05, 3.63) is 54.1 Å². The number of nitrogens with one attached hydrogen (secondary N) is 2. The quantitative estimate of drug-likeness (QED) is 0.563. The summed E-state index contributed by atoms with van der Waals surface area (Å²) < 4.78 is 5.59. The van der Waals surface area contributed by atoms with Crippen molar-refractivity contribution in [2.45, 2.75) is 38.0 Å². The standard InChI is InChI=1S/C27H35N3O/c1-28-14-16-30-15-11-23(27(19-30)12-5-6-13-27)20-9-10-24-21(17-20)18-25(29-24)22-7-3-4-8-26(22)31-2/h3-4,7-10,17-18,23,28-29H,5-6,11-16,19H2,1-2H3. The fourth-order valence-corrected chi connectivity index (χ4v) is 6.20. The fraction of sp³-hybridized carbons (Fsp3) is 0.481. The van der Waals surface area contributed by atoms with Gasteiger partial charge >= 0.3 is 0 Å². The lowest BCUT2D eigenvalue weighted by atomic mass is 9.66. The molecular formula is C27H35N3O. The first-order valence-corrected chi connectivity index (χ1v) is 11.9. The summed E-state index contributed by atoms with van der Waals surface area (Å²) in [5, 5.41) is 4.64. The van der Waals surface area contributed by atoms with E-state index in [0.717, 1.165) is 23.6 Å². The highest BCUT2D eigenvalue weighted by molar-refractivity contribution is 5.87. The molecule has 2 N–H and O–H groups in total. The summed E-state index contributed by atoms with van der Waals surface area (Å²) in [4.78, 5) is 6.31. The van der Waals surface area contributed by atoms with E-state index in [2.05, 4.69) is 58.6 Å². The van der Waals surface area contributed by atoms with Crippen molar-refractivity contribution in [2.24, 2.45) is 5.41 Å². The Labute approximate surface area is 186 Å². The Morgan fingerprint density at radius 1 is 1.13 bits per heavy atom. The van der Waals surface area contributed by atoms with Gasteiger partial charge in [-0.3, -0.25) is 0 Å². The van der Waals surface area contributed by atoms with E-state index < -0.39 is 0 Å². The summed E-state index contributed by atoms with van der Waals surface area (Å²) >= 11 is 0. The number of likely N-dealkylation sites (tertiary alicyclic amines) is 1. The topological polar surface area (TPSA) is 40.3 Å². The van der Waals surface area contributed by atoms with Crippen molar-refractivity contribution >= 4 is 10.9 Å². The number of likely N-dealkylation sites (N-methyl/N-ethyl adjacent to an activating group) is 1. The molecule has 2 aromatic carbocycles. The summed E-state index contributed by atoms with van der Waals surface area (Å²) in [6.07, 6.45) is 6.82. The van der Waals surface area contributed by atoms with E-state index >= 15 is 0 Å². The molecule has 4 nitrogen and oxygen atoms in total. The number of hydrogen-bond acceptors (Lipinski definition) is 3. The summed E-state index contributed by atoms with van der Waals surface area (Å²) in [5.41, 5.74) is 5.45. The minimum absolute atomic E-state index is 0.460. The molecule has 1 aliphatic heterocycles. The van der Waals surface area contributed by atoms with Crippen molar-refractivity contribution in [1.82, 2.24) is 15.2 Å². The van der Waals surface area contributed by atoms with Crippen LogP contribution in [0.2, 0.25) is 0 Å². The van der Waals surface area contributed by atoms with E-state index in [1.165, 1.54) is 68.2 Å². The highest BCUT2D eigenvalue weighted by atomic mass is 16.5. The van der Waals surface area contributed by atoms with Crippen LogP contribution in [0.3, 0.4) is 0 Å². The lowest BCUT2D eigenvalue weighted by molar-refractivity contribution is 0.0693. The number of piperidine rings is 1. The SMILES string of the molecule is CNCCN1CCC(c2ccc3[nH]c(-c4ccccc4OC)cc3c2)C2(CCCC2)C1. The van der Waals surface area contributed by atoms with E-state index in [0.29, 0.717) is 11.3 Å². The number of aromatic amines is 1. The van der Waals surface area contributed by atoms with Crippen molar-refractivity contribution in [2.75, 3.05) is 40.3 Å². The smallest absolute Gasteiger partial charge is 0.128 e. The van der Waals surface area contributed by atoms with E-state index in [1.807, 2.05) is 12.1 Å². The summed E-state index contributed by atoms with van der Waals surface area (Å²) in [7, 11) is 3.80. The van der Waals surface area contributed by atoms with Gasteiger partial charge in [-0.1, -0.05) is 31.0 Å². The first kappa shape index (κ1) is 20.6. The molecule has 0 radical (unpaired) electrons. The Morgan fingerprint density at radius 3 is 2.77 bits per heavy atom. The second kappa shape index (κ2) is 8.68. The first-order valence-electron chi connectivity index (χ1n) is 11.9. The molecule has 4 heteroatoms. The molecule has 0 amide bonds. The maximum atomic E-state index is 5.59. The van der Waals surface area contributed by atoms with Gasteiger partial charge in [0.25, 0.3) is 0 Å². The molecule has 1 saturated carbocycles. The van der Waals surface area contributed by atoms with E-state index in [-0.39, 0.29) is 0 Å². The largest absolute Gasteiger partial charge is 0.496 e. The van der Waals surface area contributed by atoms with Crippen LogP contribution in [0, 0.1) is 5.41 Å². The molecule has 1 atom stereocenters. The van der Waals surface area contributed by atoms with Gasteiger partial charge in [-0.2, -0.15) is 0 Å². The number of rotatable bonds is 6. The number of hydrogen-bond donors (Lipinski definition) is 2. The maximum Gasteiger partial charge on any atom is 0.128 e. The molecule has 5 rings (SSSR count). The van der Waals surface area contributed by atoms with Crippen LogP contribution in [0.1, 0.15) is 43.6 Å². The Hall–Kier alpha value is -2.30. The van der Waals surface area contributed by atoms with Crippen LogP contribution in [-0.2, 0) is 0 Å². The van der Waals surface area contributed by atoms with Crippen LogP contribution in [0.5, 0.6) is 5.75 Å². The fourth-order valence-electron chi connectivity index (χ4n) is 6.20. The van der Waals surface area contributed by atoms with E-state index in [1.54, 1.807) is 7.11 Å². The summed E-state index contributed by atoms with van der Waals surface area (Å²) in [6.45, 7) is 4.73. The Bertz CT molecular complexity index is 1030. The maximum absolute atomic E-state index is 5.59. The lowest BCUT2D eigenvalue weighted by Gasteiger charge is -2.47. The molecule has 1 unspecified atom stereocenters. The van der Waals surface area contributed by atoms with Gasteiger partial charge in [0.05, 0.1) is 12.8 Å². The molecule has 1 saturated heterocycles. The van der Waals surface area contributed by atoms with Gasteiger partial charge in [-0.15, -0.1) is 0 Å². The molecular weight excluding hydrogens is 382 g/mol. The molecule has 31 heavy (non-hydrogen) atoms. The molecule has 1 aromatic heterocycles. The third-order valence-corrected chi connectivity index (χ3v) is 7.73. The van der Waals surface area contributed by atoms with Crippen LogP contribution < -0.4 is 10.1 Å². The third-order valence-electron chi connectivity index (χ3n) is 7.73. The molecule has 2 fully saturated rings. The number of fused-ring (bicyclic) bond motifs is 1. The Balaban J connectivity index is 1.46. The molecule has 2 heterocycles. The van der Waals surface area contributed by atoms with Crippen molar-refractivity contribution in [1.29, 1.82) is 0 Å². The Morgan fingerprint density at radius 2 is 1.97 bits per heavy atom. The van der Waals surface area contributed by atoms with Gasteiger partial charge in [0.15, 0.2) is 0 Å². The highest BCUT2D eigenvalue weighted by Crippen LogP contribution is 2.53. The monoisotopic (exact) mass is 417 g/mol. The Kier molecular flexibility index (Phi) is 5.77. The van der Waals surface area contributed by atoms with Gasteiger partial charge < -0.3 is 19.9 Å². The first-order chi connectivity index (χ1) is 15.2. The van der Waals surface area contributed by atoms with Crippen molar-refractivity contribution in [3.63, 3.8) is 0 Å². The summed E-state index contributed by atoms with van der Waals surface area (Å²) in [5.74, 6) is 1.59. The molecule has 3 aromatic rings. The number of aromatic nitrogens is 1. The van der Waals surface area contributed by atoms with E-state index in [9.17, 15) is 0 Å². The van der Waals surface area contributed by atoms with Crippen LogP contribution in [0.4, 0.5) is 0 Å². The zero-order valence-electron chi connectivity index (χ0n) is 18.9. The van der Waals surface area contributed by atoms with Gasteiger partial charge in [0.2, 0.25) is 0 Å². The van der Waals surface area contributed by atoms with Gasteiger partial charge in [0, 0.05) is 36.1 Å². The molecule has 164 valence electrons. The number of methoxy groups -OCH3 is 1. The lowest BCUT2D eigenvalue weighted by Crippen LogP contribution is -2.48. The zero-order chi connectivity index (χ0) is 21.3. The van der Waals surface area contributed by atoms with Crippen LogP contribution in [0.15, 0.2) is 48.5 Å². The predicted molar refractivity (Wildman–Crippen MR) is 129 cm³/mol. The van der Waals surface area contributed by atoms with Crippen LogP contribution in [0.25, 0.3) is 22.2 Å². The average Bonchev–Trinajstić information content (AvgIpc) is 3.44. The minimum atomic E-state index is 0.460. The normalized spacial score (nSPS) is 21.2. The number of benzene rings is 2. The number of H-pyrrole nitrogens is 1. The number of ether oxygens (including phenoxy) is 1. The number of nitrogens with zero attached hydrogens (tertiary/aromatic N) is 1. The molecule has 0 bridgehead atoms. The highest BCUT2D eigenvalue weighted by Gasteiger charge is 2.45. The molecule has 2 aliphatic rings. The second-order valence-corrected chi connectivity index (χ2v) is 9.52. The number of para-hydroxylation sites is 1. The second-order valence-electron chi connectivity index (χ2n) is 9.52. The molecule has 1 spiro atoms. The van der Waals surface area contributed by atoms with Gasteiger partial charge in [0.1, 0.15) is 5.75 Å². The van der Waals surface area contributed by atoms with Crippen molar-refractivity contribution in [3.8, 4) is 17.0 Å². The van der Waals surface area contributed by atoms with Crippen molar-refractivity contribution < 1.29 is 4.74 Å². The molecule has 1 aliphatic carbocycles. The van der Waals surface area contributed by atoms with Gasteiger partial charge in [-0.25, -0.2) is 0 Å². The third kappa shape index (κ3) is 3.88. The predicted octanol–water partition coefficient (Wildman–Crippen LogP) is 5.41.